The number of hydrogen-bond donors (Lipinski definition) is 2. The van der Waals surface area contributed by atoms with E-state index in [1.54, 1.807) is 23.1 Å². The maximum Gasteiger partial charge on any atom is 0.256 e. The van der Waals surface area contributed by atoms with E-state index < -0.39 is 5.60 Å². The minimum Gasteiger partial charge on any atom is -0.487 e. The molecule has 1 atom stereocenters. The molecule has 3 aromatic heterocycles. The first-order valence-corrected chi connectivity index (χ1v) is 17.2. The van der Waals surface area contributed by atoms with Crippen LogP contribution in [0.2, 0.25) is 0 Å². The van der Waals surface area contributed by atoms with E-state index in [2.05, 4.69) is 41.8 Å². The zero-order valence-corrected chi connectivity index (χ0v) is 27.8. The summed E-state index contributed by atoms with van der Waals surface area (Å²) in [6, 6.07) is 8.47. The zero-order valence-electron chi connectivity index (χ0n) is 27.8. The number of morpholine rings is 1. The Balaban J connectivity index is 1.04. The van der Waals surface area contributed by atoms with Crippen molar-refractivity contribution in [1.82, 2.24) is 44.9 Å². The summed E-state index contributed by atoms with van der Waals surface area (Å²) in [5.74, 6) is 1.35. The zero-order chi connectivity index (χ0) is 33.6. The molecule has 2 saturated carbocycles. The molecule has 0 spiro atoms. The van der Waals surface area contributed by atoms with Crippen LogP contribution in [-0.2, 0) is 11.3 Å². The highest BCUT2D eigenvalue weighted by molar-refractivity contribution is 5.67. The molecule has 3 fully saturated rings. The SMILES string of the molecule is C[C@@H](Cn1cnnn1)Oc1cc(-c2cnc(Nc3cn(C4CCC(N5CCOCC5)CC4)nc3OCCC3(O)CCC3)nc2)ccc1C#N. The minimum atomic E-state index is -0.629. The summed E-state index contributed by atoms with van der Waals surface area (Å²) in [6.07, 6.45) is 14.3. The largest absolute Gasteiger partial charge is 0.487 e. The minimum absolute atomic E-state index is 0.276. The number of hydrogen-bond acceptors (Lipinski definition) is 13. The fraction of sp³-hybridized carbons (Fsp3) is 0.559. The Morgan fingerprint density at radius 2 is 1.88 bits per heavy atom. The first kappa shape index (κ1) is 32.9. The Morgan fingerprint density at radius 3 is 2.57 bits per heavy atom. The Morgan fingerprint density at radius 1 is 1.10 bits per heavy atom. The van der Waals surface area contributed by atoms with E-state index in [0.717, 1.165) is 82.4 Å². The van der Waals surface area contributed by atoms with Crippen molar-refractivity contribution >= 4 is 11.6 Å². The van der Waals surface area contributed by atoms with Crippen LogP contribution in [0.5, 0.6) is 11.6 Å². The van der Waals surface area contributed by atoms with Crippen molar-refractivity contribution in [2.45, 2.75) is 88.6 Å². The molecule has 15 nitrogen and oxygen atoms in total. The molecule has 0 unspecified atom stereocenters. The van der Waals surface area contributed by atoms with Crippen LogP contribution in [0.3, 0.4) is 0 Å². The molecular weight excluding hydrogens is 626 g/mol. The van der Waals surface area contributed by atoms with Crippen LogP contribution in [0.1, 0.15) is 69.9 Å². The van der Waals surface area contributed by atoms with Gasteiger partial charge in [-0.3, -0.25) is 9.58 Å². The van der Waals surface area contributed by atoms with Gasteiger partial charge in [0, 0.05) is 43.5 Å². The van der Waals surface area contributed by atoms with E-state index in [4.69, 9.17) is 19.3 Å². The van der Waals surface area contributed by atoms with Gasteiger partial charge in [-0.15, -0.1) is 10.2 Å². The average molecular weight is 670 g/mol. The van der Waals surface area contributed by atoms with E-state index in [0.29, 0.717) is 54.4 Å². The number of nitrogens with zero attached hydrogens (tertiary/aromatic N) is 10. The molecular formula is C34H43N11O4. The smallest absolute Gasteiger partial charge is 0.256 e. The molecule has 0 amide bonds. The van der Waals surface area contributed by atoms with Gasteiger partial charge in [0.05, 0.1) is 49.8 Å². The monoisotopic (exact) mass is 669 g/mol. The maximum atomic E-state index is 10.6. The summed E-state index contributed by atoms with van der Waals surface area (Å²) in [7, 11) is 0. The molecule has 4 heterocycles. The molecule has 15 heteroatoms. The van der Waals surface area contributed by atoms with Gasteiger partial charge in [0.25, 0.3) is 5.88 Å². The first-order valence-electron chi connectivity index (χ1n) is 17.2. The molecule has 1 saturated heterocycles. The second-order valence-corrected chi connectivity index (χ2v) is 13.3. The van der Waals surface area contributed by atoms with E-state index in [1.807, 2.05) is 29.9 Å². The molecule has 2 N–H and O–H groups in total. The molecule has 0 radical (unpaired) electrons. The predicted octanol–water partition coefficient (Wildman–Crippen LogP) is 3.91. The highest BCUT2D eigenvalue weighted by Gasteiger charge is 2.34. The fourth-order valence-electron chi connectivity index (χ4n) is 6.89. The van der Waals surface area contributed by atoms with Gasteiger partial charge in [-0.25, -0.2) is 14.6 Å². The van der Waals surface area contributed by atoms with Gasteiger partial charge in [0.2, 0.25) is 5.95 Å². The van der Waals surface area contributed by atoms with Crippen LogP contribution < -0.4 is 14.8 Å². The number of anilines is 2. The van der Waals surface area contributed by atoms with Crippen molar-refractivity contribution in [3.05, 3.63) is 48.7 Å². The summed E-state index contributed by atoms with van der Waals surface area (Å²) in [5.41, 5.74) is 2.07. The highest BCUT2D eigenvalue weighted by atomic mass is 16.5. The number of aromatic nitrogens is 8. The van der Waals surface area contributed by atoms with Gasteiger partial charge in [-0.2, -0.15) is 5.26 Å². The highest BCUT2D eigenvalue weighted by Crippen LogP contribution is 2.37. The molecule has 4 aromatic rings. The van der Waals surface area contributed by atoms with Crippen LogP contribution in [0.25, 0.3) is 11.1 Å². The van der Waals surface area contributed by atoms with Crippen LogP contribution in [0.15, 0.2) is 43.1 Å². The molecule has 3 aliphatic rings. The molecule has 7 rings (SSSR count). The Labute approximate surface area is 285 Å². The molecule has 258 valence electrons. The summed E-state index contributed by atoms with van der Waals surface area (Å²) >= 11 is 0. The lowest BCUT2D eigenvalue weighted by atomic mass is 9.78. The number of tetrazole rings is 1. The lowest BCUT2D eigenvalue weighted by Crippen LogP contribution is -2.45. The number of nitrogens with one attached hydrogen (secondary N) is 1. The van der Waals surface area contributed by atoms with Crippen molar-refractivity contribution in [1.29, 1.82) is 5.26 Å². The standard InChI is InChI=1S/C34H43N11O4/c1-24(21-44-23-38-41-42-44)49-31-17-25(3-4-26(31)18-35)27-19-36-33(37-20-27)39-30-22-45(40-32(30)48-14-11-34(46)9-2-10-34)29-7-5-28(6-8-29)43-12-15-47-16-13-43/h3-4,17,19-20,22-24,28-29,46H,2,5-16,21H2,1H3,(H,36,37,39)/t24-,28?,29?/m0/s1. The third kappa shape index (κ3) is 7.98. The summed E-state index contributed by atoms with van der Waals surface area (Å²) in [6.45, 7) is 6.36. The van der Waals surface area contributed by atoms with E-state index in [9.17, 15) is 10.4 Å². The molecule has 49 heavy (non-hydrogen) atoms. The van der Waals surface area contributed by atoms with Gasteiger partial charge in [-0.1, -0.05) is 6.07 Å². The van der Waals surface area contributed by atoms with Crippen molar-refractivity contribution in [2.75, 3.05) is 38.2 Å². The second kappa shape index (κ2) is 14.9. The van der Waals surface area contributed by atoms with Gasteiger partial charge in [0.15, 0.2) is 0 Å². The topological polar surface area (TPSA) is 174 Å². The van der Waals surface area contributed by atoms with Crippen LogP contribution in [0, 0.1) is 11.3 Å². The van der Waals surface area contributed by atoms with Crippen molar-refractivity contribution < 1.29 is 19.3 Å². The Kier molecular flexibility index (Phi) is 9.97. The predicted molar refractivity (Wildman–Crippen MR) is 178 cm³/mol. The van der Waals surface area contributed by atoms with Gasteiger partial charge in [-0.05, 0) is 80.0 Å². The lowest BCUT2D eigenvalue weighted by molar-refractivity contribution is -0.0485. The normalized spacial score (nSPS) is 21.3. The summed E-state index contributed by atoms with van der Waals surface area (Å²) in [5, 5.41) is 39.7. The van der Waals surface area contributed by atoms with Gasteiger partial charge in [0.1, 0.15) is 29.9 Å². The molecule has 2 aliphatic carbocycles. The molecule has 1 aliphatic heterocycles. The number of rotatable bonds is 13. The summed E-state index contributed by atoms with van der Waals surface area (Å²) < 4.78 is 21.4. The van der Waals surface area contributed by atoms with Crippen molar-refractivity contribution in [3.63, 3.8) is 0 Å². The number of benzene rings is 1. The number of nitriles is 1. The van der Waals surface area contributed by atoms with Crippen molar-refractivity contribution in [2.24, 2.45) is 0 Å². The van der Waals surface area contributed by atoms with Gasteiger partial charge >= 0.3 is 0 Å². The van der Waals surface area contributed by atoms with Gasteiger partial charge < -0.3 is 24.6 Å². The average Bonchev–Trinajstić information content (AvgIpc) is 3.78. The quantitative estimate of drug-likeness (QED) is 0.210. The Bertz CT molecular complexity index is 1700. The molecule has 1 aromatic carbocycles. The second-order valence-electron chi connectivity index (χ2n) is 13.3. The molecule has 0 bridgehead atoms. The lowest BCUT2D eigenvalue weighted by Gasteiger charge is -2.38. The fourth-order valence-corrected chi connectivity index (χ4v) is 6.89. The first-order chi connectivity index (χ1) is 23.9. The van der Waals surface area contributed by atoms with E-state index in [-0.39, 0.29) is 12.1 Å². The van der Waals surface area contributed by atoms with E-state index >= 15 is 0 Å². The van der Waals surface area contributed by atoms with E-state index in [1.165, 1.54) is 6.33 Å². The van der Waals surface area contributed by atoms with Crippen molar-refractivity contribution in [3.8, 4) is 28.8 Å². The third-order valence-electron chi connectivity index (χ3n) is 9.89. The van der Waals surface area contributed by atoms with Crippen LogP contribution in [0.4, 0.5) is 11.6 Å². The summed E-state index contributed by atoms with van der Waals surface area (Å²) in [4.78, 5) is 11.8. The number of aliphatic hydroxyl groups is 1. The van der Waals surface area contributed by atoms with Crippen LogP contribution >= 0.6 is 0 Å². The van der Waals surface area contributed by atoms with Crippen LogP contribution in [-0.4, -0.2) is 101 Å². The maximum absolute atomic E-state index is 10.6. The number of ether oxygens (including phenoxy) is 3. The third-order valence-corrected chi connectivity index (χ3v) is 9.89. The Hall–Kier alpha value is -4.65.